The van der Waals surface area contributed by atoms with Crippen molar-refractivity contribution in [1.82, 2.24) is 9.97 Å². The Kier molecular flexibility index (Phi) is 10.8. The molecule has 2 heterocycles. The molecule has 16 heteroatoms. The molecular weight excluding hydrogens is 724 g/mol. The van der Waals surface area contributed by atoms with Gasteiger partial charge in [-0.05, 0) is 95.3 Å². The summed E-state index contributed by atoms with van der Waals surface area (Å²) in [7, 11) is -7.76. The van der Waals surface area contributed by atoms with Gasteiger partial charge in [-0.3, -0.25) is 9.59 Å². The standard InChI is InChI=1S/C17H15ClN2O3S2.C14H15ClN2O3S2/c1-17(2,25(22,23)12-9-7-11(18)8-10-12)15(21)20-16-19-13-5-3-4-6-14(13)24-16;1-9-8-21-13(16-9)17-12(18)14(2,3)22(19,20)11-6-4-10(15)5-7-11/h3-10H,1-2H3,(H,19,20,21);4-8H,1-3H3,(H,16,17,18). The molecule has 0 bridgehead atoms. The molecule has 0 aliphatic carbocycles. The first-order valence-corrected chi connectivity index (χ1v) is 19.2. The van der Waals surface area contributed by atoms with E-state index in [4.69, 9.17) is 23.2 Å². The number of thiazole rings is 2. The average Bonchev–Trinajstić information content (AvgIpc) is 3.62. The lowest BCUT2D eigenvalue weighted by molar-refractivity contribution is -0.118. The molecule has 2 N–H and O–H groups in total. The van der Waals surface area contributed by atoms with Crippen molar-refractivity contribution in [2.45, 2.75) is 53.9 Å². The molecule has 0 unspecified atom stereocenters. The van der Waals surface area contributed by atoms with Crippen molar-refractivity contribution >= 4 is 97.8 Å². The number of nitrogens with one attached hydrogen (secondary N) is 2. The molecular formula is C31H30Cl2N4O6S4. The van der Waals surface area contributed by atoms with Gasteiger partial charge in [0.2, 0.25) is 11.8 Å². The SMILES string of the molecule is CC(C)(C(=O)Nc1nc2ccccc2s1)S(=O)(=O)c1ccc(Cl)cc1.Cc1csc(NC(=O)C(C)(C)S(=O)(=O)c2ccc(Cl)cc2)n1. The summed E-state index contributed by atoms with van der Waals surface area (Å²) in [5, 5.41) is 8.55. The Morgan fingerprint density at radius 3 is 1.55 bits per heavy atom. The molecule has 5 aromatic rings. The second-order valence-corrected chi connectivity index (χ2v) is 18.9. The Balaban J connectivity index is 0.000000215. The van der Waals surface area contributed by atoms with Gasteiger partial charge in [0.05, 0.1) is 25.7 Å². The van der Waals surface area contributed by atoms with Gasteiger partial charge in [-0.1, -0.05) is 46.7 Å². The maximum absolute atomic E-state index is 12.8. The first-order valence-electron chi connectivity index (χ1n) is 13.8. The fourth-order valence-corrected chi connectivity index (χ4v) is 8.45. The molecule has 0 saturated carbocycles. The molecule has 0 spiro atoms. The fourth-order valence-electron chi connectivity index (χ4n) is 3.89. The molecule has 0 saturated heterocycles. The fraction of sp³-hybridized carbons (Fsp3) is 0.226. The van der Waals surface area contributed by atoms with Crippen LogP contribution in [0.4, 0.5) is 10.3 Å². The number of para-hydroxylation sites is 1. The molecule has 248 valence electrons. The highest BCUT2D eigenvalue weighted by atomic mass is 35.5. The molecule has 5 rings (SSSR count). The number of hydrogen-bond acceptors (Lipinski definition) is 10. The summed E-state index contributed by atoms with van der Waals surface area (Å²) in [6, 6.07) is 18.9. The number of carbonyl (C=O) groups is 2. The van der Waals surface area contributed by atoms with Crippen molar-refractivity contribution in [3.63, 3.8) is 0 Å². The highest BCUT2D eigenvalue weighted by Crippen LogP contribution is 2.31. The first-order chi connectivity index (χ1) is 21.9. The molecule has 3 aromatic carbocycles. The number of aryl methyl sites for hydroxylation is 1. The zero-order valence-corrected chi connectivity index (χ0v) is 30.5. The van der Waals surface area contributed by atoms with Gasteiger partial charge in [0, 0.05) is 15.4 Å². The zero-order valence-electron chi connectivity index (χ0n) is 25.7. The lowest BCUT2D eigenvalue weighted by Gasteiger charge is -2.23. The van der Waals surface area contributed by atoms with Crippen LogP contribution in [0.5, 0.6) is 0 Å². The maximum atomic E-state index is 12.8. The van der Waals surface area contributed by atoms with Gasteiger partial charge in [0.15, 0.2) is 29.9 Å². The van der Waals surface area contributed by atoms with E-state index in [1.54, 1.807) is 12.3 Å². The van der Waals surface area contributed by atoms with Crippen molar-refractivity contribution in [2.24, 2.45) is 0 Å². The Bertz CT molecular complexity index is 2110. The van der Waals surface area contributed by atoms with Crippen LogP contribution in [0.2, 0.25) is 10.0 Å². The van der Waals surface area contributed by atoms with Crippen LogP contribution in [0.3, 0.4) is 0 Å². The average molecular weight is 754 g/mol. The van der Waals surface area contributed by atoms with Gasteiger partial charge < -0.3 is 10.6 Å². The normalized spacial score (nSPS) is 12.2. The summed E-state index contributed by atoms with van der Waals surface area (Å²) in [6.45, 7) is 7.28. The largest absolute Gasteiger partial charge is 0.301 e. The van der Waals surface area contributed by atoms with E-state index in [-0.39, 0.29) is 9.79 Å². The van der Waals surface area contributed by atoms with Crippen molar-refractivity contribution in [3.8, 4) is 0 Å². The second-order valence-electron chi connectivity index (χ2n) is 11.1. The number of anilines is 2. The summed E-state index contributed by atoms with van der Waals surface area (Å²) in [4.78, 5) is 33.5. The molecule has 0 radical (unpaired) electrons. The van der Waals surface area contributed by atoms with Crippen LogP contribution >= 0.6 is 45.9 Å². The molecule has 47 heavy (non-hydrogen) atoms. The summed E-state index contributed by atoms with van der Waals surface area (Å²) in [5.41, 5.74) is 1.51. The van der Waals surface area contributed by atoms with E-state index in [0.29, 0.717) is 20.3 Å². The van der Waals surface area contributed by atoms with Crippen LogP contribution < -0.4 is 10.6 Å². The minimum Gasteiger partial charge on any atom is -0.301 e. The Morgan fingerprint density at radius 2 is 1.13 bits per heavy atom. The van der Waals surface area contributed by atoms with E-state index >= 15 is 0 Å². The lowest BCUT2D eigenvalue weighted by Crippen LogP contribution is -2.44. The van der Waals surface area contributed by atoms with E-state index in [1.807, 2.05) is 24.3 Å². The van der Waals surface area contributed by atoms with Crippen molar-refractivity contribution in [1.29, 1.82) is 0 Å². The van der Waals surface area contributed by atoms with Gasteiger partial charge in [0.1, 0.15) is 9.49 Å². The van der Waals surface area contributed by atoms with E-state index in [9.17, 15) is 26.4 Å². The third kappa shape index (κ3) is 7.85. The van der Waals surface area contributed by atoms with E-state index in [2.05, 4.69) is 20.6 Å². The molecule has 0 aliphatic heterocycles. The first kappa shape index (κ1) is 36.4. The number of sulfone groups is 2. The number of hydrogen-bond donors (Lipinski definition) is 2. The number of benzene rings is 3. The van der Waals surface area contributed by atoms with E-state index in [1.165, 1.54) is 98.9 Å². The highest BCUT2D eigenvalue weighted by molar-refractivity contribution is 7.94. The minimum absolute atomic E-state index is 0.0429. The molecule has 0 aliphatic rings. The number of fused-ring (bicyclic) bond motifs is 1. The quantitative estimate of drug-likeness (QED) is 0.166. The van der Waals surface area contributed by atoms with Gasteiger partial charge in [-0.2, -0.15) is 0 Å². The number of rotatable bonds is 8. The van der Waals surface area contributed by atoms with E-state index in [0.717, 1.165) is 15.9 Å². The van der Waals surface area contributed by atoms with E-state index < -0.39 is 41.0 Å². The number of aromatic nitrogens is 2. The maximum Gasteiger partial charge on any atom is 0.247 e. The molecule has 10 nitrogen and oxygen atoms in total. The minimum atomic E-state index is -3.90. The number of carbonyl (C=O) groups excluding carboxylic acids is 2. The van der Waals surface area contributed by atoms with Crippen LogP contribution in [0.15, 0.2) is 88.0 Å². The predicted octanol–water partition coefficient (Wildman–Crippen LogP) is 7.44. The molecule has 0 atom stereocenters. The monoisotopic (exact) mass is 752 g/mol. The molecule has 2 amide bonds. The predicted molar refractivity (Wildman–Crippen MR) is 189 cm³/mol. The third-order valence-electron chi connectivity index (χ3n) is 7.04. The third-order valence-corrected chi connectivity index (χ3v) is 14.2. The highest BCUT2D eigenvalue weighted by Gasteiger charge is 2.44. The van der Waals surface area contributed by atoms with Crippen LogP contribution in [0.1, 0.15) is 33.4 Å². The number of halogens is 2. The van der Waals surface area contributed by atoms with Gasteiger partial charge in [0.25, 0.3) is 0 Å². The Hall–Kier alpha value is -3.40. The van der Waals surface area contributed by atoms with Gasteiger partial charge in [-0.25, -0.2) is 26.8 Å². The van der Waals surface area contributed by atoms with Crippen LogP contribution in [0, 0.1) is 6.92 Å². The van der Waals surface area contributed by atoms with Crippen LogP contribution in [0.25, 0.3) is 10.2 Å². The zero-order chi connectivity index (χ0) is 34.8. The van der Waals surface area contributed by atoms with Crippen molar-refractivity contribution in [2.75, 3.05) is 10.6 Å². The summed E-state index contributed by atoms with van der Waals surface area (Å²) >= 11 is 14.1. The number of nitrogens with zero attached hydrogens (tertiary/aromatic N) is 2. The van der Waals surface area contributed by atoms with Crippen LogP contribution in [-0.4, -0.2) is 48.1 Å². The summed E-state index contributed by atoms with van der Waals surface area (Å²) in [6.07, 6.45) is 0. The Labute approximate surface area is 291 Å². The number of amides is 2. The smallest absolute Gasteiger partial charge is 0.247 e. The van der Waals surface area contributed by atoms with Gasteiger partial charge in [-0.15, -0.1) is 11.3 Å². The lowest BCUT2D eigenvalue weighted by atomic mass is 10.2. The molecule has 0 fully saturated rings. The summed E-state index contributed by atoms with van der Waals surface area (Å²) < 4.78 is 48.7. The van der Waals surface area contributed by atoms with Crippen LogP contribution in [-0.2, 0) is 29.3 Å². The van der Waals surface area contributed by atoms with Crippen molar-refractivity contribution in [3.05, 3.63) is 93.9 Å². The Morgan fingerprint density at radius 1 is 0.681 bits per heavy atom. The van der Waals surface area contributed by atoms with Gasteiger partial charge >= 0.3 is 0 Å². The topological polar surface area (TPSA) is 152 Å². The summed E-state index contributed by atoms with van der Waals surface area (Å²) in [5.74, 6) is -1.27. The molecule has 2 aromatic heterocycles. The van der Waals surface area contributed by atoms with Crippen molar-refractivity contribution < 1.29 is 26.4 Å². The second kappa shape index (κ2) is 14.0.